The van der Waals surface area contributed by atoms with E-state index in [0.29, 0.717) is 12.7 Å². The monoisotopic (exact) mass is 274 g/mol. The van der Waals surface area contributed by atoms with Gasteiger partial charge in [0.2, 0.25) is 12.2 Å². The van der Waals surface area contributed by atoms with E-state index in [1.54, 1.807) is 7.05 Å². The van der Waals surface area contributed by atoms with Crippen molar-refractivity contribution in [1.82, 2.24) is 9.78 Å². The Bertz CT molecular complexity index is 624. The molecule has 0 fully saturated rings. The van der Waals surface area contributed by atoms with E-state index in [2.05, 4.69) is 5.10 Å². The molecule has 2 aromatic rings. The SMILES string of the molecule is Cn1nc2c(c1C=O)[C@H](O)O[C@@H](Cc1ccccc1)O2. The van der Waals surface area contributed by atoms with Crippen LogP contribution in [0.3, 0.4) is 0 Å². The molecular weight excluding hydrogens is 260 g/mol. The number of aryl methyl sites for hydroxylation is 1. The third-order valence-corrected chi connectivity index (χ3v) is 3.22. The first-order valence-corrected chi connectivity index (χ1v) is 6.25. The third-order valence-electron chi connectivity index (χ3n) is 3.22. The molecule has 1 aliphatic heterocycles. The van der Waals surface area contributed by atoms with Gasteiger partial charge in [0.25, 0.3) is 0 Å². The summed E-state index contributed by atoms with van der Waals surface area (Å²) in [6.07, 6.45) is -0.723. The molecule has 0 amide bonds. The summed E-state index contributed by atoms with van der Waals surface area (Å²) in [6.45, 7) is 0. The van der Waals surface area contributed by atoms with Gasteiger partial charge in [-0.25, -0.2) is 0 Å². The van der Waals surface area contributed by atoms with Crippen molar-refractivity contribution in [2.24, 2.45) is 7.05 Å². The minimum atomic E-state index is -1.21. The Kier molecular flexibility index (Phi) is 3.25. The minimum Gasteiger partial charge on any atom is -0.446 e. The molecule has 0 spiro atoms. The zero-order chi connectivity index (χ0) is 14.1. The molecule has 1 aromatic heterocycles. The van der Waals surface area contributed by atoms with E-state index in [4.69, 9.17) is 9.47 Å². The number of ether oxygens (including phenoxy) is 2. The Hall–Kier alpha value is -2.18. The Morgan fingerprint density at radius 3 is 2.85 bits per heavy atom. The van der Waals surface area contributed by atoms with E-state index >= 15 is 0 Å². The first kappa shape index (κ1) is 12.8. The standard InChI is InChI=1S/C14H14N2O4/c1-16-10(8-17)12-13(15-16)19-11(20-14(12)18)7-9-5-3-2-4-6-9/h2-6,8,11,14,18H,7H2,1H3/t11-,14+/m0/s1. The predicted molar refractivity (Wildman–Crippen MR) is 69.2 cm³/mol. The lowest BCUT2D eigenvalue weighted by atomic mass is 10.1. The summed E-state index contributed by atoms with van der Waals surface area (Å²) in [6, 6.07) is 9.67. The van der Waals surface area contributed by atoms with E-state index < -0.39 is 12.6 Å². The lowest BCUT2D eigenvalue weighted by Crippen LogP contribution is -2.30. The molecule has 6 heteroatoms. The highest BCUT2D eigenvalue weighted by Crippen LogP contribution is 2.34. The van der Waals surface area contributed by atoms with Gasteiger partial charge >= 0.3 is 0 Å². The van der Waals surface area contributed by atoms with Crippen molar-refractivity contribution < 1.29 is 19.4 Å². The van der Waals surface area contributed by atoms with Crippen molar-refractivity contribution in [3.05, 3.63) is 47.2 Å². The van der Waals surface area contributed by atoms with Gasteiger partial charge in [0.1, 0.15) is 11.3 Å². The van der Waals surface area contributed by atoms with Gasteiger partial charge in [-0.2, -0.15) is 0 Å². The van der Waals surface area contributed by atoms with Crippen LogP contribution >= 0.6 is 0 Å². The Morgan fingerprint density at radius 1 is 1.40 bits per heavy atom. The third kappa shape index (κ3) is 2.19. The average molecular weight is 274 g/mol. The molecule has 1 aromatic carbocycles. The van der Waals surface area contributed by atoms with Crippen LogP contribution in [-0.4, -0.2) is 27.5 Å². The second-order valence-corrected chi connectivity index (χ2v) is 4.57. The molecule has 0 saturated carbocycles. The van der Waals surface area contributed by atoms with Gasteiger partial charge in [0.05, 0.1) is 0 Å². The number of carbonyl (C=O) groups is 1. The van der Waals surface area contributed by atoms with Crippen LogP contribution in [0.2, 0.25) is 0 Å². The quantitative estimate of drug-likeness (QED) is 0.851. The number of aliphatic hydroxyl groups excluding tert-OH is 1. The number of fused-ring (bicyclic) bond motifs is 1. The fourth-order valence-electron chi connectivity index (χ4n) is 2.25. The highest BCUT2D eigenvalue weighted by atomic mass is 16.7. The lowest BCUT2D eigenvalue weighted by Gasteiger charge is -2.27. The van der Waals surface area contributed by atoms with Crippen molar-refractivity contribution >= 4 is 6.29 Å². The minimum absolute atomic E-state index is 0.245. The molecule has 2 atom stereocenters. The molecule has 2 heterocycles. The van der Waals surface area contributed by atoms with Crippen LogP contribution in [0, 0.1) is 0 Å². The molecule has 0 bridgehead atoms. The van der Waals surface area contributed by atoms with Crippen molar-refractivity contribution in [1.29, 1.82) is 0 Å². The topological polar surface area (TPSA) is 73.6 Å². The fraction of sp³-hybridized carbons (Fsp3) is 0.286. The Labute approximate surface area is 115 Å². The van der Waals surface area contributed by atoms with Crippen LogP contribution in [0.25, 0.3) is 0 Å². The molecule has 104 valence electrons. The maximum absolute atomic E-state index is 11.0. The Balaban J connectivity index is 1.84. The number of nitrogens with zero attached hydrogens (tertiary/aromatic N) is 2. The highest BCUT2D eigenvalue weighted by Gasteiger charge is 2.33. The van der Waals surface area contributed by atoms with Crippen LogP contribution in [0.1, 0.15) is 27.9 Å². The summed E-state index contributed by atoms with van der Waals surface area (Å²) in [5, 5.41) is 14.1. The van der Waals surface area contributed by atoms with Gasteiger partial charge in [-0.3, -0.25) is 9.48 Å². The van der Waals surface area contributed by atoms with Crippen LogP contribution in [-0.2, 0) is 18.2 Å². The molecule has 20 heavy (non-hydrogen) atoms. The number of rotatable bonds is 3. The number of benzene rings is 1. The smallest absolute Gasteiger partial charge is 0.244 e. The number of aldehydes is 1. The van der Waals surface area contributed by atoms with Crippen LogP contribution < -0.4 is 4.74 Å². The van der Waals surface area contributed by atoms with E-state index in [0.717, 1.165) is 5.56 Å². The molecule has 1 N–H and O–H groups in total. The normalized spacial score (nSPS) is 21.1. The molecular formula is C14H14N2O4. The van der Waals surface area contributed by atoms with Gasteiger partial charge in [0.15, 0.2) is 12.6 Å². The largest absolute Gasteiger partial charge is 0.446 e. The second kappa shape index (κ2) is 5.07. The van der Waals surface area contributed by atoms with Crippen molar-refractivity contribution in [2.45, 2.75) is 19.0 Å². The van der Waals surface area contributed by atoms with Gasteiger partial charge in [-0.15, -0.1) is 5.10 Å². The van der Waals surface area contributed by atoms with E-state index in [1.165, 1.54) is 4.68 Å². The van der Waals surface area contributed by atoms with Crippen molar-refractivity contribution in [2.75, 3.05) is 0 Å². The van der Waals surface area contributed by atoms with E-state index in [1.807, 2.05) is 30.3 Å². The van der Waals surface area contributed by atoms with Crippen LogP contribution in [0.5, 0.6) is 5.88 Å². The molecule has 0 unspecified atom stereocenters. The molecule has 0 aliphatic carbocycles. The van der Waals surface area contributed by atoms with Gasteiger partial charge in [-0.05, 0) is 5.56 Å². The summed E-state index contributed by atoms with van der Waals surface area (Å²) in [5.41, 5.74) is 1.57. The second-order valence-electron chi connectivity index (χ2n) is 4.57. The Morgan fingerprint density at radius 2 is 2.15 bits per heavy atom. The summed E-state index contributed by atoms with van der Waals surface area (Å²) < 4.78 is 12.4. The van der Waals surface area contributed by atoms with E-state index in [9.17, 15) is 9.90 Å². The zero-order valence-electron chi connectivity index (χ0n) is 10.9. The fourth-order valence-corrected chi connectivity index (χ4v) is 2.25. The molecule has 0 saturated heterocycles. The first-order chi connectivity index (χ1) is 9.69. The number of carbonyl (C=O) groups excluding carboxylic acids is 1. The number of aliphatic hydroxyl groups is 1. The predicted octanol–water partition coefficient (Wildman–Crippen LogP) is 1.20. The van der Waals surface area contributed by atoms with Gasteiger partial charge in [0, 0.05) is 13.5 Å². The molecule has 3 rings (SSSR count). The maximum Gasteiger partial charge on any atom is 0.244 e. The van der Waals surface area contributed by atoms with Crippen molar-refractivity contribution in [3.63, 3.8) is 0 Å². The molecule has 6 nitrogen and oxygen atoms in total. The molecule has 0 radical (unpaired) electrons. The lowest BCUT2D eigenvalue weighted by molar-refractivity contribution is -0.217. The summed E-state index contributed by atoms with van der Waals surface area (Å²) in [5.74, 6) is 0.245. The molecule has 1 aliphatic rings. The van der Waals surface area contributed by atoms with Crippen LogP contribution in [0.4, 0.5) is 0 Å². The zero-order valence-corrected chi connectivity index (χ0v) is 10.9. The number of hydrogen-bond donors (Lipinski definition) is 1. The summed E-state index contributed by atoms with van der Waals surface area (Å²) in [4.78, 5) is 11.0. The highest BCUT2D eigenvalue weighted by molar-refractivity contribution is 5.76. The van der Waals surface area contributed by atoms with Gasteiger partial charge in [-0.1, -0.05) is 30.3 Å². The first-order valence-electron chi connectivity index (χ1n) is 6.25. The van der Waals surface area contributed by atoms with Crippen LogP contribution in [0.15, 0.2) is 30.3 Å². The summed E-state index contributed by atoms with van der Waals surface area (Å²) >= 11 is 0. The average Bonchev–Trinajstić information content (AvgIpc) is 2.75. The maximum atomic E-state index is 11.0. The van der Waals surface area contributed by atoms with E-state index in [-0.39, 0.29) is 17.1 Å². The summed E-state index contributed by atoms with van der Waals surface area (Å²) in [7, 11) is 1.62. The van der Waals surface area contributed by atoms with Gasteiger partial charge < -0.3 is 14.6 Å². The number of hydrogen-bond acceptors (Lipinski definition) is 5. The van der Waals surface area contributed by atoms with Crippen molar-refractivity contribution in [3.8, 4) is 5.88 Å². The number of aromatic nitrogens is 2.